The van der Waals surface area contributed by atoms with E-state index in [2.05, 4.69) is 29.0 Å². The summed E-state index contributed by atoms with van der Waals surface area (Å²) in [6.45, 7) is 9.35. The van der Waals surface area contributed by atoms with Crippen molar-refractivity contribution < 1.29 is 9.90 Å². The Bertz CT molecular complexity index is 745. The topological polar surface area (TPSA) is 68.4 Å². The number of amides is 1. The van der Waals surface area contributed by atoms with Crippen molar-refractivity contribution in [1.82, 2.24) is 15.2 Å². The van der Waals surface area contributed by atoms with Gasteiger partial charge in [0.2, 0.25) is 0 Å². The van der Waals surface area contributed by atoms with Crippen molar-refractivity contribution in [2.75, 3.05) is 26.2 Å². The number of nitrogens with zero attached hydrogens (tertiary/aromatic N) is 1. The fraction of sp³-hybridized carbons (Fsp3) is 0.550. The fourth-order valence-electron chi connectivity index (χ4n) is 3.52. The standard InChI is InChI=1S/C20H29N3O2/c1-13-6-8-23(9-7-13)12-17(24)11-21-20(25)16-4-5-19-18(10-16)14(2)15(3)22-19/h4-5,10,13,17,22,24H,6-9,11-12H2,1-3H3,(H,21,25). The molecule has 3 N–H and O–H groups in total. The van der Waals surface area contributed by atoms with Crippen LogP contribution in [-0.4, -0.2) is 53.2 Å². The molecule has 1 unspecified atom stereocenters. The average molecular weight is 343 g/mol. The van der Waals surface area contributed by atoms with E-state index in [0.29, 0.717) is 12.1 Å². The molecule has 0 saturated carbocycles. The lowest BCUT2D eigenvalue weighted by Crippen LogP contribution is -2.43. The summed E-state index contributed by atoms with van der Waals surface area (Å²) >= 11 is 0. The molecule has 0 spiro atoms. The lowest BCUT2D eigenvalue weighted by molar-refractivity contribution is 0.0795. The highest BCUT2D eigenvalue weighted by Gasteiger charge is 2.19. The van der Waals surface area contributed by atoms with Gasteiger partial charge in [-0.25, -0.2) is 0 Å². The molecule has 1 saturated heterocycles. The molecule has 25 heavy (non-hydrogen) atoms. The zero-order chi connectivity index (χ0) is 18.0. The lowest BCUT2D eigenvalue weighted by atomic mass is 9.99. The zero-order valence-corrected chi connectivity index (χ0v) is 15.4. The number of aliphatic hydroxyl groups is 1. The molecule has 1 aliphatic rings. The highest BCUT2D eigenvalue weighted by atomic mass is 16.3. The fourth-order valence-corrected chi connectivity index (χ4v) is 3.52. The normalized spacial score (nSPS) is 17.8. The van der Waals surface area contributed by atoms with Crippen LogP contribution in [0.5, 0.6) is 0 Å². The van der Waals surface area contributed by atoms with E-state index in [9.17, 15) is 9.90 Å². The van der Waals surface area contributed by atoms with Gasteiger partial charge in [0.05, 0.1) is 6.10 Å². The number of aromatic amines is 1. The largest absolute Gasteiger partial charge is 0.390 e. The number of aryl methyl sites for hydroxylation is 2. The number of H-pyrrole nitrogens is 1. The van der Waals surface area contributed by atoms with Crippen LogP contribution in [0, 0.1) is 19.8 Å². The predicted molar refractivity (Wildman–Crippen MR) is 101 cm³/mol. The summed E-state index contributed by atoms with van der Waals surface area (Å²) in [7, 11) is 0. The molecule has 136 valence electrons. The van der Waals surface area contributed by atoms with Crippen LogP contribution in [0.15, 0.2) is 18.2 Å². The van der Waals surface area contributed by atoms with Gasteiger partial charge in [-0.15, -0.1) is 0 Å². The molecule has 3 rings (SSSR count). The van der Waals surface area contributed by atoms with E-state index in [4.69, 9.17) is 0 Å². The van der Waals surface area contributed by atoms with Gasteiger partial charge in [0.1, 0.15) is 0 Å². The van der Waals surface area contributed by atoms with Crippen LogP contribution in [0.2, 0.25) is 0 Å². The molecule has 1 amide bonds. The van der Waals surface area contributed by atoms with Crippen LogP contribution >= 0.6 is 0 Å². The molecule has 1 fully saturated rings. The molecule has 0 aliphatic carbocycles. The van der Waals surface area contributed by atoms with Crippen LogP contribution in [0.3, 0.4) is 0 Å². The summed E-state index contributed by atoms with van der Waals surface area (Å²) in [6.07, 6.45) is 1.85. The maximum Gasteiger partial charge on any atom is 0.251 e. The van der Waals surface area contributed by atoms with E-state index in [-0.39, 0.29) is 12.5 Å². The molecule has 1 atom stereocenters. The van der Waals surface area contributed by atoms with Gasteiger partial charge in [-0.05, 0) is 69.5 Å². The van der Waals surface area contributed by atoms with E-state index in [1.165, 1.54) is 18.4 Å². The van der Waals surface area contributed by atoms with Crippen molar-refractivity contribution in [2.45, 2.75) is 39.7 Å². The molecule has 1 aromatic heterocycles. The molecule has 0 bridgehead atoms. The molecule has 2 heterocycles. The number of rotatable bonds is 5. The Labute approximate surface area is 149 Å². The van der Waals surface area contributed by atoms with Gasteiger partial charge in [-0.1, -0.05) is 6.92 Å². The number of piperidine rings is 1. The minimum atomic E-state index is -0.530. The lowest BCUT2D eigenvalue weighted by Gasteiger charge is -2.31. The van der Waals surface area contributed by atoms with Gasteiger partial charge in [0.15, 0.2) is 0 Å². The first-order valence-electron chi connectivity index (χ1n) is 9.21. The first-order chi connectivity index (χ1) is 11.9. The van der Waals surface area contributed by atoms with Crippen LogP contribution in [0.1, 0.15) is 41.4 Å². The van der Waals surface area contributed by atoms with Crippen molar-refractivity contribution in [2.24, 2.45) is 5.92 Å². The van der Waals surface area contributed by atoms with Crippen molar-refractivity contribution in [1.29, 1.82) is 0 Å². The van der Waals surface area contributed by atoms with Crippen LogP contribution in [0.25, 0.3) is 10.9 Å². The number of hydrogen-bond acceptors (Lipinski definition) is 3. The smallest absolute Gasteiger partial charge is 0.251 e. The number of β-amino-alcohol motifs (C(OH)–C–C–N with tert-alkyl or cyclic N) is 1. The van der Waals surface area contributed by atoms with Gasteiger partial charge in [-0.2, -0.15) is 0 Å². The Morgan fingerprint density at radius 3 is 2.80 bits per heavy atom. The van der Waals surface area contributed by atoms with Gasteiger partial charge in [0, 0.05) is 35.2 Å². The Balaban J connectivity index is 1.54. The Hall–Kier alpha value is -1.85. The number of aliphatic hydroxyl groups excluding tert-OH is 1. The molecule has 5 heteroatoms. The summed E-state index contributed by atoms with van der Waals surface area (Å²) in [5.74, 6) is 0.648. The third-order valence-corrected chi connectivity index (χ3v) is 5.41. The minimum Gasteiger partial charge on any atom is -0.390 e. The number of aromatic nitrogens is 1. The second-order valence-corrected chi connectivity index (χ2v) is 7.48. The summed E-state index contributed by atoms with van der Waals surface area (Å²) in [5, 5.41) is 14.2. The van der Waals surface area contributed by atoms with Gasteiger partial charge >= 0.3 is 0 Å². The maximum absolute atomic E-state index is 12.4. The van der Waals surface area contributed by atoms with Crippen molar-refractivity contribution >= 4 is 16.8 Å². The zero-order valence-electron chi connectivity index (χ0n) is 15.4. The van der Waals surface area contributed by atoms with E-state index in [1.54, 1.807) is 0 Å². The summed E-state index contributed by atoms with van der Waals surface area (Å²) in [6, 6.07) is 5.68. The minimum absolute atomic E-state index is 0.133. The van der Waals surface area contributed by atoms with Crippen molar-refractivity contribution in [3.05, 3.63) is 35.0 Å². The molecular formula is C20H29N3O2. The Morgan fingerprint density at radius 1 is 1.36 bits per heavy atom. The second-order valence-electron chi connectivity index (χ2n) is 7.48. The van der Waals surface area contributed by atoms with Crippen LogP contribution in [0.4, 0.5) is 0 Å². The molecule has 5 nitrogen and oxygen atoms in total. The van der Waals surface area contributed by atoms with Crippen LogP contribution in [-0.2, 0) is 0 Å². The summed E-state index contributed by atoms with van der Waals surface area (Å²) in [4.78, 5) is 18.0. The van der Waals surface area contributed by atoms with Gasteiger partial charge in [-0.3, -0.25) is 4.79 Å². The molecule has 1 aromatic carbocycles. The van der Waals surface area contributed by atoms with Crippen LogP contribution < -0.4 is 5.32 Å². The average Bonchev–Trinajstić information content (AvgIpc) is 2.89. The first-order valence-corrected chi connectivity index (χ1v) is 9.21. The predicted octanol–water partition coefficient (Wildman–Crippen LogP) is 2.61. The maximum atomic E-state index is 12.4. The first kappa shape index (κ1) is 18.0. The number of nitrogens with one attached hydrogen (secondary N) is 2. The van der Waals surface area contributed by atoms with Gasteiger partial charge in [0.25, 0.3) is 5.91 Å². The number of benzene rings is 1. The van der Waals surface area contributed by atoms with E-state index >= 15 is 0 Å². The monoisotopic (exact) mass is 343 g/mol. The SMILES string of the molecule is Cc1[nH]c2ccc(C(=O)NCC(O)CN3CCC(C)CC3)cc2c1C. The number of carbonyl (C=O) groups excluding carboxylic acids is 1. The van der Waals surface area contributed by atoms with Crippen molar-refractivity contribution in [3.63, 3.8) is 0 Å². The molecule has 2 aromatic rings. The number of carbonyl (C=O) groups is 1. The molecular weight excluding hydrogens is 314 g/mol. The van der Waals surface area contributed by atoms with E-state index in [1.807, 2.05) is 25.1 Å². The second kappa shape index (κ2) is 7.58. The van der Waals surface area contributed by atoms with E-state index < -0.39 is 6.10 Å². The quantitative estimate of drug-likeness (QED) is 0.782. The van der Waals surface area contributed by atoms with Crippen molar-refractivity contribution in [3.8, 4) is 0 Å². The molecule has 0 radical (unpaired) electrons. The Morgan fingerprint density at radius 2 is 2.08 bits per heavy atom. The number of hydrogen-bond donors (Lipinski definition) is 3. The number of fused-ring (bicyclic) bond motifs is 1. The molecule has 1 aliphatic heterocycles. The van der Waals surface area contributed by atoms with Gasteiger partial charge < -0.3 is 20.3 Å². The van der Waals surface area contributed by atoms with E-state index in [0.717, 1.165) is 35.6 Å². The third kappa shape index (κ3) is 4.22. The summed E-state index contributed by atoms with van der Waals surface area (Å²) < 4.78 is 0. The Kier molecular flexibility index (Phi) is 5.45. The third-order valence-electron chi connectivity index (χ3n) is 5.41. The highest BCUT2D eigenvalue weighted by Crippen LogP contribution is 2.22. The number of likely N-dealkylation sites (tertiary alicyclic amines) is 1. The highest BCUT2D eigenvalue weighted by molar-refractivity contribution is 5.99. The summed E-state index contributed by atoms with van der Waals surface area (Å²) in [5.41, 5.74) is 3.97.